The molecule has 102 valence electrons. The Morgan fingerprint density at radius 3 is 2.65 bits per heavy atom. The Labute approximate surface area is 117 Å². The van der Waals surface area contributed by atoms with Crippen molar-refractivity contribution >= 4 is 28.7 Å². The van der Waals surface area contributed by atoms with Crippen molar-refractivity contribution in [3.63, 3.8) is 0 Å². The van der Waals surface area contributed by atoms with Gasteiger partial charge in [0, 0.05) is 23.2 Å². The molecule has 1 amide bonds. The number of amides is 1. The number of nitrogens with one attached hydrogen (secondary N) is 1. The van der Waals surface area contributed by atoms with Crippen LogP contribution in [0.4, 0.5) is 5.69 Å². The molecule has 20 heavy (non-hydrogen) atoms. The van der Waals surface area contributed by atoms with Gasteiger partial charge in [0.1, 0.15) is 0 Å². The number of ketones is 2. The number of anilines is 1. The Morgan fingerprint density at radius 1 is 1.15 bits per heavy atom. The summed E-state index contributed by atoms with van der Waals surface area (Å²) in [5.74, 6) is -0.568. The van der Waals surface area contributed by atoms with Crippen LogP contribution in [0.5, 0.6) is 0 Å². The molecule has 0 unspecified atom stereocenters. The molecule has 1 aliphatic rings. The Bertz CT molecular complexity index is 626. The summed E-state index contributed by atoms with van der Waals surface area (Å²) in [6, 6.07) is 6.98. The first-order valence-corrected chi connectivity index (χ1v) is 6.49. The molecule has 0 aliphatic heterocycles. The first-order chi connectivity index (χ1) is 9.61. The molecule has 0 radical (unpaired) electrons. The van der Waals surface area contributed by atoms with Gasteiger partial charge in [-0.15, -0.1) is 0 Å². The summed E-state index contributed by atoms with van der Waals surface area (Å²) in [7, 11) is 0. The lowest BCUT2D eigenvalue weighted by Gasteiger charge is -2.13. The third-order valence-electron chi connectivity index (χ3n) is 2.92. The summed E-state index contributed by atoms with van der Waals surface area (Å²) in [6.45, 7) is 1.92. The molecule has 0 atom stereocenters. The topological polar surface area (TPSA) is 63.2 Å². The van der Waals surface area contributed by atoms with E-state index >= 15 is 0 Å². The van der Waals surface area contributed by atoms with Crippen molar-refractivity contribution in [3.05, 3.63) is 48.1 Å². The quantitative estimate of drug-likeness (QED) is 0.854. The Hall–Kier alpha value is -2.49. The van der Waals surface area contributed by atoms with E-state index in [-0.39, 0.29) is 17.5 Å². The zero-order valence-corrected chi connectivity index (χ0v) is 11.2. The van der Waals surface area contributed by atoms with Gasteiger partial charge in [0.2, 0.25) is 5.91 Å². The van der Waals surface area contributed by atoms with Crippen LogP contribution in [0.3, 0.4) is 0 Å². The van der Waals surface area contributed by atoms with Crippen LogP contribution in [-0.2, 0) is 14.4 Å². The standard InChI is InChI=1S/C16H15NO3/c1-2-5-16(20)17-14-7-4-3-6-12(14)13-10-11(18)8-9-15(13)19/h3-4,6-10H,2,5H2,1H3,(H,17,20). The maximum absolute atomic E-state index is 11.9. The van der Waals surface area contributed by atoms with Gasteiger partial charge in [-0.25, -0.2) is 0 Å². The lowest BCUT2D eigenvalue weighted by Crippen LogP contribution is -2.14. The normalized spacial score (nSPS) is 14.2. The van der Waals surface area contributed by atoms with E-state index in [9.17, 15) is 14.4 Å². The minimum Gasteiger partial charge on any atom is -0.326 e. The van der Waals surface area contributed by atoms with Crippen LogP contribution in [0.15, 0.2) is 42.5 Å². The zero-order chi connectivity index (χ0) is 14.5. The van der Waals surface area contributed by atoms with E-state index in [2.05, 4.69) is 5.32 Å². The van der Waals surface area contributed by atoms with Crippen LogP contribution >= 0.6 is 0 Å². The first kappa shape index (κ1) is 13.9. The lowest BCUT2D eigenvalue weighted by atomic mass is 9.95. The van der Waals surface area contributed by atoms with Crippen molar-refractivity contribution < 1.29 is 14.4 Å². The second-order valence-electron chi connectivity index (χ2n) is 4.50. The maximum atomic E-state index is 11.9. The average Bonchev–Trinajstić information content (AvgIpc) is 2.42. The number of allylic oxidation sites excluding steroid dienone is 4. The summed E-state index contributed by atoms with van der Waals surface area (Å²) >= 11 is 0. The minimum absolute atomic E-state index is 0.106. The van der Waals surface area contributed by atoms with Crippen molar-refractivity contribution in [2.24, 2.45) is 0 Å². The summed E-state index contributed by atoms with van der Waals surface area (Å²) < 4.78 is 0. The molecular formula is C16H15NO3. The average molecular weight is 269 g/mol. The molecule has 0 spiro atoms. The molecule has 2 rings (SSSR count). The zero-order valence-electron chi connectivity index (χ0n) is 11.2. The molecule has 4 nitrogen and oxygen atoms in total. The molecule has 0 heterocycles. The van der Waals surface area contributed by atoms with Crippen molar-refractivity contribution in [1.29, 1.82) is 0 Å². The van der Waals surface area contributed by atoms with Gasteiger partial charge >= 0.3 is 0 Å². The highest BCUT2D eigenvalue weighted by atomic mass is 16.1. The fourth-order valence-electron chi connectivity index (χ4n) is 1.99. The van der Waals surface area contributed by atoms with Crippen LogP contribution in [0.2, 0.25) is 0 Å². The highest BCUT2D eigenvalue weighted by molar-refractivity contribution is 6.34. The van der Waals surface area contributed by atoms with Crippen LogP contribution in [-0.4, -0.2) is 17.5 Å². The van der Waals surface area contributed by atoms with Crippen LogP contribution < -0.4 is 5.32 Å². The number of rotatable bonds is 4. The van der Waals surface area contributed by atoms with Gasteiger partial charge in [-0.1, -0.05) is 25.1 Å². The predicted octanol–water partition coefficient (Wildman–Crippen LogP) is 2.52. The molecule has 0 saturated carbocycles. The van der Waals surface area contributed by atoms with E-state index in [0.717, 1.165) is 6.42 Å². The van der Waals surface area contributed by atoms with Crippen molar-refractivity contribution in [2.45, 2.75) is 19.8 Å². The Balaban J connectivity index is 2.35. The number of carbonyl (C=O) groups is 3. The van der Waals surface area contributed by atoms with E-state index in [1.54, 1.807) is 24.3 Å². The van der Waals surface area contributed by atoms with Gasteiger partial charge in [0.15, 0.2) is 11.6 Å². The number of carbonyl (C=O) groups excluding carboxylic acids is 3. The molecule has 0 fully saturated rings. The van der Waals surface area contributed by atoms with E-state index in [1.807, 2.05) is 6.92 Å². The summed E-state index contributed by atoms with van der Waals surface area (Å²) in [5, 5.41) is 2.78. The lowest BCUT2D eigenvalue weighted by molar-refractivity contribution is -0.116. The first-order valence-electron chi connectivity index (χ1n) is 6.49. The minimum atomic E-state index is -0.234. The molecule has 1 aliphatic carbocycles. The van der Waals surface area contributed by atoms with Crippen molar-refractivity contribution in [2.75, 3.05) is 5.32 Å². The second kappa shape index (κ2) is 6.10. The smallest absolute Gasteiger partial charge is 0.224 e. The van der Waals surface area contributed by atoms with Crippen LogP contribution in [0.1, 0.15) is 25.3 Å². The molecule has 1 aromatic rings. The van der Waals surface area contributed by atoms with E-state index in [0.29, 0.717) is 23.2 Å². The monoisotopic (exact) mass is 269 g/mol. The highest BCUT2D eigenvalue weighted by Crippen LogP contribution is 2.26. The number of para-hydroxylation sites is 1. The molecule has 4 heteroatoms. The van der Waals surface area contributed by atoms with Crippen molar-refractivity contribution in [3.8, 4) is 0 Å². The maximum Gasteiger partial charge on any atom is 0.224 e. The van der Waals surface area contributed by atoms with Gasteiger partial charge in [-0.05, 0) is 30.7 Å². The fraction of sp³-hybridized carbons (Fsp3) is 0.188. The summed E-state index contributed by atoms with van der Waals surface area (Å²) in [4.78, 5) is 35.0. The predicted molar refractivity (Wildman–Crippen MR) is 77.1 cm³/mol. The second-order valence-corrected chi connectivity index (χ2v) is 4.50. The Kier molecular flexibility index (Phi) is 4.25. The number of benzene rings is 1. The van der Waals surface area contributed by atoms with Gasteiger partial charge in [-0.2, -0.15) is 0 Å². The molecule has 0 bridgehead atoms. The molecule has 1 N–H and O–H groups in total. The number of hydrogen-bond acceptors (Lipinski definition) is 3. The third kappa shape index (κ3) is 3.09. The molecule has 1 aromatic carbocycles. The van der Waals surface area contributed by atoms with Crippen molar-refractivity contribution in [1.82, 2.24) is 0 Å². The summed E-state index contributed by atoms with van der Waals surface area (Å²) in [5.41, 5.74) is 1.43. The van der Waals surface area contributed by atoms with Crippen LogP contribution in [0.25, 0.3) is 5.57 Å². The van der Waals surface area contributed by atoms with E-state index in [4.69, 9.17) is 0 Å². The molecule has 0 aromatic heterocycles. The van der Waals surface area contributed by atoms with Gasteiger partial charge in [0.25, 0.3) is 0 Å². The van der Waals surface area contributed by atoms with E-state index < -0.39 is 0 Å². The Morgan fingerprint density at radius 2 is 1.90 bits per heavy atom. The van der Waals surface area contributed by atoms with Gasteiger partial charge in [-0.3, -0.25) is 14.4 Å². The number of hydrogen-bond donors (Lipinski definition) is 1. The molecule has 0 saturated heterocycles. The highest BCUT2D eigenvalue weighted by Gasteiger charge is 2.18. The van der Waals surface area contributed by atoms with Gasteiger partial charge in [0.05, 0.1) is 0 Å². The fourth-order valence-corrected chi connectivity index (χ4v) is 1.99. The molecular weight excluding hydrogens is 254 g/mol. The SMILES string of the molecule is CCCC(=O)Nc1ccccc1C1=CC(=O)C=CC1=O. The largest absolute Gasteiger partial charge is 0.326 e. The third-order valence-corrected chi connectivity index (χ3v) is 2.92. The summed E-state index contributed by atoms with van der Waals surface area (Å²) in [6.07, 6.45) is 4.95. The van der Waals surface area contributed by atoms with Gasteiger partial charge < -0.3 is 5.32 Å². The van der Waals surface area contributed by atoms with Crippen LogP contribution in [0, 0.1) is 0 Å². The van der Waals surface area contributed by atoms with E-state index in [1.165, 1.54) is 18.2 Å².